The van der Waals surface area contributed by atoms with E-state index in [1.807, 2.05) is 19.9 Å². The van der Waals surface area contributed by atoms with E-state index in [4.69, 9.17) is 5.11 Å². The third-order valence-corrected chi connectivity index (χ3v) is 4.79. The number of H-pyrrole nitrogens is 1. The lowest BCUT2D eigenvalue weighted by Crippen LogP contribution is -2.42. The molecule has 3 atom stereocenters. The molecular weight excluding hydrogens is 368 g/mol. The molecule has 0 aromatic heterocycles. The normalized spacial score (nSPS) is 15.1. The first-order valence-electron chi connectivity index (χ1n) is 8.86. The Morgan fingerprint density at radius 1 is 1.14 bits per heavy atom. The van der Waals surface area contributed by atoms with Gasteiger partial charge in [0.25, 0.3) is 5.56 Å². The van der Waals surface area contributed by atoms with Gasteiger partial charge in [-0.25, -0.2) is 9.78 Å². The topological polar surface area (TPSA) is 162 Å². The van der Waals surface area contributed by atoms with E-state index >= 15 is 0 Å². The van der Waals surface area contributed by atoms with Gasteiger partial charge in [0, 0.05) is 0 Å². The highest BCUT2D eigenvalue weighted by molar-refractivity contribution is 5.81. The van der Waals surface area contributed by atoms with Gasteiger partial charge in [0.15, 0.2) is 11.5 Å². The molecule has 0 saturated heterocycles. The van der Waals surface area contributed by atoms with E-state index in [0.717, 1.165) is 17.5 Å². The molecule has 0 bridgehead atoms. The second-order valence-electron chi connectivity index (χ2n) is 6.69. The molecule has 3 unspecified atom stereocenters. The van der Waals surface area contributed by atoms with Crippen LogP contribution in [0.2, 0.25) is 0 Å². The van der Waals surface area contributed by atoms with Crippen LogP contribution >= 0.6 is 0 Å². The quantitative estimate of drug-likeness (QED) is 0.319. The first-order valence-corrected chi connectivity index (χ1v) is 8.86. The summed E-state index contributed by atoms with van der Waals surface area (Å²) in [5.74, 6) is -0.0445. The van der Waals surface area contributed by atoms with Crippen LogP contribution in [0.1, 0.15) is 18.1 Å². The van der Waals surface area contributed by atoms with Gasteiger partial charge in [-0.2, -0.15) is 4.98 Å². The lowest BCUT2D eigenvalue weighted by Gasteiger charge is -2.25. The molecule has 0 aliphatic carbocycles. The Hall–Kier alpha value is -2.66. The maximum absolute atomic E-state index is 12.2. The number of aliphatic hydroxyl groups is 4. The van der Waals surface area contributed by atoms with Gasteiger partial charge in [-0.15, -0.1) is 0 Å². The Bertz CT molecular complexity index is 1090. The number of aliphatic hydroxyl groups excluding tert-OH is 4. The predicted octanol–water partition coefficient (Wildman–Crippen LogP) is -1.47. The number of fused-ring (bicyclic) bond motifs is 2. The molecule has 0 spiro atoms. The summed E-state index contributed by atoms with van der Waals surface area (Å²) in [4.78, 5) is 34.2. The second kappa shape index (κ2) is 7.76. The predicted molar refractivity (Wildman–Crippen MR) is 100 cm³/mol. The zero-order chi connectivity index (χ0) is 20.6. The van der Waals surface area contributed by atoms with Crippen molar-refractivity contribution in [1.82, 2.24) is 19.5 Å². The summed E-state index contributed by atoms with van der Waals surface area (Å²) >= 11 is 0. The van der Waals surface area contributed by atoms with E-state index in [0.29, 0.717) is 11.0 Å². The zero-order valence-corrected chi connectivity index (χ0v) is 15.5. The van der Waals surface area contributed by atoms with E-state index < -0.39 is 36.2 Å². The largest absolute Gasteiger partial charge is 0.394 e. The Morgan fingerprint density at radius 3 is 2.50 bits per heavy atom. The molecule has 2 heterocycles. The molecule has 0 radical (unpaired) electrons. The summed E-state index contributed by atoms with van der Waals surface area (Å²) < 4.78 is 1.42. The standard InChI is InChI=1S/C18H22N4O6/c1-3-9-5-11-10(4-8(9)2)19-14-16(20-18(28)21-17(14)27)22(11)6-12(24)15(26)13(25)7-23/h4-5,12-13,15,23-26H,3,6-7H2,1-2H3,(H,21,27,28). The molecule has 2 aliphatic rings. The number of benzene rings is 1. The van der Waals surface area contributed by atoms with Gasteiger partial charge >= 0.3 is 5.69 Å². The van der Waals surface area contributed by atoms with E-state index in [-0.39, 0.29) is 18.1 Å². The average Bonchev–Trinajstić information content (AvgIpc) is 2.66. The third-order valence-electron chi connectivity index (χ3n) is 4.79. The van der Waals surface area contributed by atoms with Crippen LogP contribution in [-0.2, 0) is 13.0 Å². The van der Waals surface area contributed by atoms with Crippen LogP contribution in [0.4, 0.5) is 0 Å². The van der Waals surface area contributed by atoms with Gasteiger partial charge in [-0.3, -0.25) is 9.78 Å². The van der Waals surface area contributed by atoms with Gasteiger partial charge < -0.3 is 25.0 Å². The van der Waals surface area contributed by atoms with Gasteiger partial charge in [0.2, 0.25) is 0 Å². The molecule has 5 N–H and O–H groups in total. The number of rotatable bonds is 6. The average molecular weight is 390 g/mol. The minimum Gasteiger partial charge on any atom is -0.394 e. The minimum atomic E-state index is -1.64. The Morgan fingerprint density at radius 2 is 1.86 bits per heavy atom. The smallest absolute Gasteiger partial charge is 0.349 e. The van der Waals surface area contributed by atoms with Crippen molar-refractivity contribution in [2.75, 3.05) is 6.61 Å². The fraction of sp³-hybridized carbons (Fsp3) is 0.444. The first-order chi connectivity index (χ1) is 13.3. The number of hydrogen-bond acceptors (Lipinski definition) is 8. The lowest BCUT2D eigenvalue weighted by molar-refractivity contribution is -0.0802. The summed E-state index contributed by atoms with van der Waals surface area (Å²) in [5.41, 5.74) is 1.28. The van der Waals surface area contributed by atoms with E-state index in [1.165, 1.54) is 4.57 Å². The molecular formula is C18H22N4O6. The number of aromatic amines is 1. The Labute approximate surface area is 159 Å². The zero-order valence-electron chi connectivity index (χ0n) is 15.5. The summed E-state index contributed by atoms with van der Waals surface area (Å²) in [7, 11) is 0. The third kappa shape index (κ3) is 3.54. The number of nitrogens with one attached hydrogen (secondary N) is 1. The van der Waals surface area contributed by atoms with Crippen molar-refractivity contribution >= 4 is 11.0 Å². The van der Waals surface area contributed by atoms with Crippen molar-refractivity contribution in [3.8, 4) is 11.5 Å². The van der Waals surface area contributed by atoms with Crippen molar-refractivity contribution in [3.05, 3.63) is 44.1 Å². The van der Waals surface area contributed by atoms with Crippen LogP contribution in [-0.4, -0.2) is 64.9 Å². The molecule has 28 heavy (non-hydrogen) atoms. The molecule has 10 nitrogen and oxygen atoms in total. The lowest BCUT2D eigenvalue weighted by atomic mass is 10.0. The summed E-state index contributed by atoms with van der Waals surface area (Å²) in [6.07, 6.45) is -3.96. The number of nitrogens with zero attached hydrogens (tertiary/aromatic N) is 3. The second-order valence-corrected chi connectivity index (χ2v) is 6.69. The highest BCUT2D eigenvalue weighted by Gasteiger charge is 2.27. The van der Waals surface area contributed by atoms with Crippen LogP contribution < -0.4 is 11.2 Å². The number of aromatic nitrogens is 4. The first kappa shape index (κ1) is 20.1. The number of hydrogen-bond donors (Lipinski definition) is 5. The molecule has 10 heteroatoms. The molecule has 1 aromatic rings. The maximum atomic E-state index is 12.2. The van der Waals surface area contributed by atoms with Gasteiger partial charge in [-0.1, -0.05) is 6.92 Å². The van der Waals surface area contributed by atoms with Crippen LogP contribution in [0.5, 0.6) is 0 Å². The van der Waals surface area contributed by atoms with Crippen molar-refractivity contribution in [1.29, 1.82) is 0 Å². The Balaban J connectivity index is 2.29. The fourth-order valence-corrected chi connectivity index (χ4v) is 3.21. The van der Waals surface area contributed by atoms with E-state index in [1.54, 1.807) is 6.07 Å². The maximum Gasteiger partial charge on any atom is 0.349 e. The summed E-state index contributed by atoms with van der Waals surface area (Å²) in [5, 5.41) is 39.0. The SMILES string of the molecule is CCc1cc2c(cc1C)nc1c(=O)[nH]c(=O)nc-1n2CC(O)C(O)C(O)CO. The van der Waals surface area contributed by atoms with E-state index in [2.05, 4.69) is 15.0 Å². The molecule has 2 aliphatic heterocycles. The fourth-order valence-electron chi connectivity index (χ4n) is 3.21. The van der Waals surface area contributed by atoms with Gasteiger partial charge in [0.1, 0.15) is 18.3 Å². The van der Waals surface area contributed by atoms with Crippen molar-refractivity contribution in [2.24, 2.45) is 0 Å². The molecule has 0 amide bonds. The molecule has 3 rings (SSSR count). The van der Waals surface area contributed by atoms with Crippen LogP contribution in [0.25, 0.3) is 22.6 Å². The molecule has 0 saturated carbocycles. The van der Waals surface area contributed by atoms with Gasteiger partial charge in [0.05, 0.1) is 24.2 Å². The van der Waals surface area contributed by atoms with Crippen molar-refractivity contribution in [3.63, 3.8) is 0 Å². The Kier molecular flexibility index (Phi) is 5.57. The molecule has 0 fully saturated rings. The molecule has 150 valence electrons. The highest BCUT2D eigenvalue weighted by atomic mass is 16.4. The van der Waals surface area contributed by atoms with Gasteiger partial charge in [-0.05, 0) is 36.6 Å². The van der Waals surface area contributed by atoms with Crippen LogP contribution in [0, 0.1) is 6.92 Å². The highest BCUT2D eigenvalue weighted by Crippen LogP contribution is 2.25. The molecule has 1 aromatic carbocycles. The summed E-state index contributed by atoms with van der Waals surface area (Å²) in [6, 6.07) is 3.62. The summed E-state index contributed by atoms with van der Waals surface area (Å²) in [6.45, 7) is 2.87. The van der Waals surface area contributed by atoms with E-state index in [9.17, 15) is 24.9 Å². The van der Waals surface area contributed by atoms with Crippen molar-refractivity contribution in [2.45, 2.75) is 45.1 Å². The number of aryl methyl sites for hydroxylation is 2. The minimum absolute atomic E-state index is 0.0445. The monoisotopic (exact) mass is 390 g/mol. The van der Waals surface area contributed by atoms with Crippen LogP contribution in [0.15, 0.2) is 21.7 Å². The van der Waals surface area contributed by atoms with Crippen molar-refractivity contribution < 1.29 is 20.4 Å². The van der Waals surface area contributed by atoms with Crippen LogP contribution in [0.3, 0.4) is 0 Å².